The molecule has 1 amide bonds. The molecular weight excluding hydrogens is 426 g/mol. The first-order valence-electron chi connectivity index (χ1n) is 11.0. The van der Waals surface area contributed by atoms with Gasteiger partial charge in [0.2, 0.25) is 5.91 Å². The molecule has 0 saturated carbocycles. The van der Waals surface area contributed by atoms with Gasteiger partial charge in [0.05, 0.1) is 25.9 Å². The molecule has 1 aromatic heterocycles. The molecule has 1 aliphatic rings. The van der Waals surface area contributed by atoms with Gasteiger partial charge in [0.1, 0.15) is 5.00 Å². The Hall–Kier alpha value is -2.80. The number of carbonyl (C=O) groups is 2. The molecule has 2 aromatic rings. The van der Waals surface area contributed by atoms with Crippen LogP contribution in [0.1, 0.15) is 60.0 Å². The Balaban J connectivity index is 1.69. The van der Waals surface area contributed by atoms with E-state index < -0.39 is 0 Å². The highest BCUT2D eigenvalue weighted by atomic mass is 32.1. The van der Waals surface area contributed by atoms with E-state index in [0.29, 0.717) is 41.2 Å². The highest BCUT2D eigenvalue weighted by Crippen LogP contribution is 2.39. The van der Waals surface area contributed by atoms with Crippen LogP contribution in [0, 0.1) is 5.92 Å². The third-order valence-corrected chi connectivity index (χ3v) is 6.41. The SMILES string of the molecule is CCOC(=O)c1c(NC(=O)/C=C/c2ccc(OCCC(C)C)c(OC)c2)sc2c1CCC2. The Bertz CT molecular complexity index is 992. The lowest BCUT2D eigenvalue weighted by Gasteiger charge is -2.12. The van der Waals surface area contributed by atoms with Gasteiger partial charge in [-0.05, 0) is 67.9 Å². The molecule has 7 heteroatoms. The Morgan fingerprint density at radius 3 is 2.75 bits per heavy atom. The maximum Gasteiger partial charge on any atom is 0.341 e. The minimum atomic E-state index is -0.371. The van der Waals surface area contributed by atoms with E-state index in [1.807, 2.05) is 18.2 Å². The van der Waals surface area contributed by atoms with Crippen LogP contribution in [0.5, 0.6) is 11.5 Å². The lowest BCUT2D eigenvalue weighted by Crippen LogP contribution is -2.13. The molecule has 0 radical (unpaired) electrons. The topological polar surface area (TPSA) is 73.9 Å². The van der Waals surface area contributed by atoms with Crippen molar-refractivity contribution in [2.24, 2.45) is 5.92 Å². The van der Waals surface area contributed by atoms with Crippen LogP contribution in [0.4, 0.5) is 5.00 Å². The molecule has 0 aliphatic heterocycles. The fraction of sp³-hybridized carbons (Fsp3) is 0.440. The monoisotopic (exact) mass is 457 g/mol. The van der Waals surface area contributed by atoms with Gasteiger partial charge in [-0.1, -0.05) is 19.9 Å². The van der Waals surface area contributed by atoms with Crippen LogP contribution in [0.15, 0.2) is 24.3 Å². The first-order chi connectivity index (χ1) is 15.4. The fourth-order valence-corrected chi connectivity index (χ4v) is 4.83. The third-order valence-electron chi connectivity index (χ3n) is 5.21. The molecule has 0 unspecified atom stereocenters. The van der Waals surface area contributed by atoms with Gasteiger partial charge in [-0.15, -0.1) is 11.3 Å². The van der Waals surface area contributed by atoms with Crippen molar-refractivity contribution >= 4 is 34.3 Å². The Kier molecular flexibility index (Phi) is 8.33. The molecule has 0 spiro atoms. The van der Waals surface area contributed by atoms with Gasteiger partial charge in [0.25, 0.3) is 0 Å². The van der Waals surface area contributed by atoms with Crippen molar-refractivity contribution < 1.29 is 23.8 Å². The molecule has 1 aliphatic carbocycles. The van der Waals surface area contributed by atoms with E-state index in [0.717, 1.165) is 41.7 Å². The van der Waals surface area contributed by atoms with Crippen LogP contribution < -0.4 is 14.8 Å². The summed E-state index contributed by atoms with van der Waals surface area (Å²) in [4.78, 5) is 26.2. The minimum Gasteiger partial charge on any atom is -0.493 e. The van der Waals surface area contributed by atoms with Crippen LogP contribution in [0.25, 0.3) is 6.08 Å². The lowest BCUT2D eigenvalue weighted by atomic mass is 10.1. The summed E-state index contributed by atoms with van der Waals surface area (Å²) in [7, 11) is 1.59. The van der Waals surface area contributed by atoms with Crippen molar-refractivity contribution in [3.63, 3.8) is 0 Å². The molecule has 32 heavy (non-hydrogen) atoms. The van der Waals surface area contributed by atoms with Crippen LogP contribution in [0.2, 0.25) is 0 Å². The molecule has 0 atom stereocenters. The van der Waals surface area contributed by atoms with E-state index >= 15 is 0 Å². The number of hydrogen-bond donors (Lipinski definition) is 1. The van der Waals surface area contributed by atoms with Crippen molar-refractivity contribution in [3.05, 3.63) is 45.8 Å². The number of benzene rings is 1. The number of ether oxygens (including phenoxy) is 3. The van der Waals surface area contributed by atoms with E-state index in [2.05, 4.69) is 19.2 Å². The van der Waals surface area contributed by atoms with Crippen molar-refractivity contribution in [3.8, 4) is 11.5 Å². The fourth-order valence-electron chi connectivity index (χ4n) is 3.55. The van der Waals surface area contributed by atoms with Gasteiger partial charge in [-0.2, -0.15) is 0 Å². The molecule has 1 aromatic carbocycles. The number of rotatable bonds is 10. The standard InChI is InChI=1S/C25H31NO5S/c1-5-30-25(28)23-18-7-6-8-21(18)32-24(23)26-22(27)12-10-17-9-11-19(20(15-17)29-4)31-14-13-16(2)3/h9-12,15-16H,5-8,13-14H2,1-4H3,(H,26,27)/b12-10+. The van der Waals surface area contributed by atoms with E-state index in [1.165, 1.54) is 17.4 Å². The quantitative estimate of drug-likeness (QED) is 0.377. The molecule has 0 saturated heterocycles. The minimum absolute atomic E-state index is 0.299. The summed E-state index contributed by atoms with van der Waals surface area (Å²) in [5, 5.41) is 3.43. The summed E-state index contributed by atoms with van der Waals surface area (Å²) in [6, 6.07) is 5.55. The second-order valence-electron chi connectivity index (χ2n) is 8.05. The Morgan fingerprint density at radius 2 is 2.03 bits per heavy atom. The first-order valence-corrected chi connectivity index (χ1v) is 11.9. The van der Waals surface area contributed by atoms with Crippen molar-refractivity contribution in [1.82, 2.24) is 0 Å². The van der Waals surface area contributed by atoms with Gasteiger partial charge in [0, 0.05) is 11.0 Å². The number of hydrogen-bond acceptors (Lipinski definition) is 6. The zero-order valence-corrected chi connectivity index (χ0v) is 20.0. The first kappa shape index (κ1) is 23.9. The average Bonchev–Trinajstić information content (AvgIpc) is 3.33. The number of carbonyl (C=O) groups excluding carboxylic acids is 2. The second kappa shape index (κ2) is 11.2. The smallest absolute Gasteiger partial charge is 0.341 e. The van der Waals surface area contributed by atoms with E-state index in [-0.39, 0.29) is 11.9 Å². The van der Waals surface area contributed by atoms with E-state index in [4.69, 9.17) is 14.2 Å². The molecule has 6 nitrogen and oxygen atoms in total. The van der Waals surface area contributed by atoms with Crippen LogP contribution in [-0.2, 0) is 22.4 Å². The summed E-state index contributed by atoms with van der Waals surface area (Å²) in [5.74, 6) is 1.20. The summed E-state index contributed by atoms with van der Waals surface area (Å²) >= 11 is 1.47. The molecule has 3 rings (SSSR count). The second-order valence-corrected chi connectivity index (χ2v) is 9.15. The number of anilines is 1. The molecule has 0 fully saturated rings. The van der Waals surface area contributed by atoms with Crippen LogP contribution in [0.3, 0.4) is 0 Å². The summed E-state index contributed by atoms with van der Waals surface area (Å²) in [5.41, 5.74) is 2.34. The molecule has 172 valence electrons. The third kappa shape index (κ3) is 5.91. The predicted octanol–water partition coefficient (Wildman–Crippen LogP) is 5.50. The van der Waals surface area contributed by atoms with Gasteiger partial charge in [-0.3, -0.25) is 4.79 Å². The van der Waals surface area contributed by atoms with Crippen LogP contribution in [-0.4, -0.2) is 32.2 Å². The lowest BCUT2D eigenvalue weighted by molar-refractivity contribution is -0.111. The highest BCUT2D eigenvalue weighted by molar-refractivity contribution is 7.17. The molecule has 1 heterocycles. The van der Waals surface area contributed by atoms with Crippen molar-refractivity contribution in [2.45, 2.75) is 46.5 Å². The van der Waals surface area contributed by atoms with Crippen molar-refractivity contribution in [2.75, 3.05) is 25.6 Å². The average molecular weight is 458 g/mol. The van der Waals surface area contributed by atoms with Crippen molar-refractivity contribution in [1.29, 1.82) is 0 Å². The number of fused-ring (bicyclic) bond motifs is 1. The summed E-state index contributed by atoms with van der Waals surface area (Å²) < 4.78 is 16.5. The normalized spacial score (nSPS) is 12.8. The number of aryl methyl sites for hydroxylation is 1. The zero-order chi connectivity index (χ0) is 23.1. The van der Waals surface area contributed by atoms with Crippen LogP contribution >= 0.6 is 11.3 Å². The Morgan fingerprint density at radius 1 is 1.22 bits per heavy atom. The number of amides is 1. The zero-order valence-electron chi connectivity index (χ0n) is 19.2. The van der Waals surface area contributed by atoms with E-state index in [9.17, 15) is 9.59 Å². The Labute approximate surface area is 193 Å². The molecular formula is C25H31NO5S. The number of methoxy groups -OCH3 is 1. The maximum atomic E-state index is 12.6. The maximum absolute atomic E-state index is 12.6. The van der Waals surface area contributed by atoms with Gasteiger partial charge in [-0.25, -0.2) is 4.79 Å². The molecule has 0 bridgehead atoms. The summed E-state index contributed by atoms with van der Waals surface area (Å²) in [6.45, 7) is 7.01. The number of esters is 1. The molecule has 1 N–H and O–H groups in total. The largest absolute Gasteiger partial charge is 0.493 e. The highest BCUT2D eigenvalue weighted by Gasteiger charge is 2.28. The van der Waals surface area contributed by atoms with Gasteiger partial charge < -0.3 is 19.5 Å². The number of nitrogens with one attached hydrogen (secondary N) is 1. The van der Waals surface area contributed by atoms with E-state index in [1.54, 1.807) is 20.1 Å². The van der Waals surface area contributed by atoms with Gasteiger partial charge >= 0.3 is 5.97 Å². The van der Waals surface area contributed by atoms with Gasteiger partial charge in [0.15, 0.2) is 11.5 Å². The number of thiophene rings is 1. The predicted molar refractivity (Wildman–Crippen MR) is 128 cm³/mol. The summed E-state index contributed by atoms with van der Waals surface area (Å²) in [6.07, 6.45) is 6.93.